The van der Waals surface area contributed by atoms with Gasteiger partial charge in [-0.2, -0.15) is 5.10 Å². The zero-order valence-electron chi connectivity index (χ0n) is 14.9. The highest BCUT2D eigenvalue weighted by Crippen LogP contribution is 2.28. The summed E-state index contributed by atoms with van der Waals surface area (Å²) in [6, 6.07) is 13.7. The molecule has 0 unspecified atom stereocenters. The van der Waals surface area contributed by atoms with E-state index in [2.05, 4.69) is 25.0 Å². The second kappa shape index (κ2) is 6.08. The van der Waals surface area contributed by atoms with E-state index in [1.807, 2.05) is 54.9 Å². The van der Waals surface area contributed by atoms with E-state index in [1.165, 1.54) is 0 Å². The summed E-state index contributed by atoms with van der Waals surface area (Å²) in [5.41, 5.74) is 4.99. The maximum Gasteiger partial charge on any atom is 0.161 e. The van der Waals surface area contributed by atoms with Gasteiger partial charge in [0.1, 0.15) is 5.65 Å². The third-order valence-corrected chi connectivity index (χ3v) is 5.15. The Kier molecular flexibility index (Phi) is 3.39. The van der Waals surface area contributed by atoms with Crippen molar-refractivity contribution in [2.24, 2.45) is 0 Å². The fourth-order valence-corrected chi connectivity index (χ4v) is 3.64. The summed E-state index contributed by atoms with van der Waals surface area (Å²) in [7, 11) is 0. The number of halogens is 1. The van der Waals surface area contributed by atoms with E-state index in [1.54, 1.807) is 16.9 Å². The van der Waals surface area contributed by atoms with Crippen molar-refractivity contribution in [1.82, 2.24) is 34.5 Å². The topological polar surface area (TPSA) is 84.6 Å². The summed E-state index contributed by atoms with van der Waals surface area (Å²) in [4.78, 5) is 21.1. The minimum Gasteiger partial charge on any atom is -0.345 e. The van der Waals surface area contributed by atoms with E-state index in [0.717, 1.165) is 38.8 Å². The van der Waals surface area contributed by atoms with E-state index in [-0.39, 0.29) is 0 Å². The van der Waals surface area contributed by atoms with Crippen LogP contribution < -0.4 is 0 Å². The van der Waals surface area contributed by atoms with Crippen LogP contribution in [0.25, 0.3) is 50.2 Å². The molecule has 6 aromatic rings. The normalized spacial score (nSPS) is 11.6. The smallest absolute Gasteiger partial charge is 0.161 e. The SMILES string of the molecule is Clc1cnc2ccc(-c3c[nH]c4nc(-c5ccc6ncccc6c5)ncc34)nn12. The summed E-state index contributed by atoms with van der Waals surface area (Å²) in [6.45, 7) is 0. The quantitative estimate of drug-likeness (QED) is 0.463. The minimum atomic E-state index is 0.464. The highest BCUT2D eigenvalue weighted by molar-refractivity contribution is 6.29. The van der Waals surface area contributed by atoms with Crippen molar-refractivity contribution >= 4 is 39.2 Å². The van der Waals surface area contributed by atoms with Crippen LogP contribution >= 0.6 is 11.6 Å². The molecule has 0 spiro atoms. The number of aromatic amines is 1. The summed E-state index contributed by atoms with van der Waals surface area (Å²) < 4.78 is 1.61. The minimum absolute atomic E-state index is 0.464. The Morgan fingerprint density at radius 1 is 0.966 bits per heavy atom. The highest BCUT2D eigenvalue weighted by atomic mass is 35.5. The van der Waals surface area contributed by atoms with E-state index in [0.29, 0.717) is 16.6 Å². The van der Waals surface area contributed by atoms with Crippen LogP contribution in [-0.4, -0.2) is 34.5 Å². The summed E-state index contributed by atoms with van der Waals surface area (Å²) in [6.07, 6.45) is 7.06. The molecule has 0 fully saturated rings. The second-order valence-electron chi connectivity index (χ2n) is 6.64. The van der Waals surface area contributed by atoms with Crippen molar-refractivity contribution in [2.45, 2.75) is 0 Å². The van der Waals surface area contributed by atoms with Gasteiger partial charge in [-0.25, -0.2) is 19.5 Å². The lowest BCUT2D eigenvalue weighted by Crippen LogP contribution is -1.94. The fraction of sp³-hybridized carbons (Fsp3) is 0. The molecule has 5 aromatic heterocycles. The zero-order valence-corrected chi connectivity index (χ0v) is 15.7. The van der Waals surface area contributed by atoms with Gasteiger partial charge in [-0.3, -0.25) is 4.98 Å². The van der Waals surface area contributed by atoms with Crippen molar-refractivity contribution in [3.8, 4) is 22.6 Å². The van der Waals surface area contributed by atoms with Gasteiger partial charge in [0.05, 0.1) is 17.4 Å². The molecule has 0 aliphatic heterocycles. The van der Waals surface area contributed by atoms with E-state index < -0.39 is 0 Å². The average molecular weight is 398 g/mol. The largest absolute Gasteiger partial charge is 0.345 e. The molecule has 0 aliphatic rings. The number of hydrogen-bond donors (Lipinski definition) is 1. The van der Waals surface area contributed by atoms with Crippen LogP contribution in [0.4, 0.5) is 0 Å². The molecule has 0 radical (unpaired) electrons. The van der Waals surface area contributed by atoms with Gasteiger partial charge in [0, 0.05) is 40.5 Å². The van der Waals surface area contributed by atoms with Crippen LogP contribution in [0.2, 0.25) is 5.15 Å². The Morgan fingerprint density at radius 3 is 2.90 bits per heavy atom. The molecular formula is C21H12ClN7. The first-order valence-corrected chi connectivity index (χ1v) is 9.34. The molecule has 0 amide bonds. The van der Waals surface area contributed by atoms with Crippen LogP contribution in [0, 0.1) is 0 Å². The Balaban J connectivity index is 1.46. The average Bonchev–Trinajstić information content (AvgIpc) is 3.36. The number of benzene rings is 1. The highest BCUT2D eigenvalue weighted by Gasteiger charge is 2.13. The Bertz CT molecular complexity index is 1530. The summed E-state index contributed by atoms with van der Waals surface area (Å²) >= 11 is 6.16. The molecule has 0 atom stereocenters. The zero-order chi connectivity index (χ0) is 19.4. The lowest BCUT2D eigenvalue weighted by molar-refractivity contribution is 0.944. The molecule has 0 aliphatic carbocycles. The number of imidazole rings is 1. The molecule has 8 heteroatoms. The van der Waals surface area contributed by atoms with Crippen LogP contribution in [0.1, 0.15) is 0 Å². The van der Waals surface area contributed by atoms with E-state index >= 15 is 0 Å². The third-order valence-electron chi connectivity index (χ3n) is 4.89. The van der Waals surface area contributed by atoms with E-state index in [4.69, 9.17) is 16.6 Å². The molecule has 6 rings (SSSR count). The van der Waals surface area contributed by atoms with Gasteiger partial charge in [0.2, 0.25) is 0 Å². The van der Waals surface area contributed by atoms with Gasteiger partial charge in [0.25, 0.3) is 0 Å². The number of fused-ring (bicyclic) bond motifs is 3. The number of H-pyrrole nitrogens is 1. The number of nitrogens with zero attached hydrogens (tertiary/aromatic N) is 6. The molecule has 138 valence electrons. The number of rotatable bonds is 2. The van der Waals surface area contributed by atoms with Gasteiger partial charge in [-0.05, 0) is 36.4 Å². The van der Waals surface area contributed by atoms with Crippen molar-refractivity contribution in [2.75, 3.05) is 0 Å². The van der Waals surface area contributed by atoms with Gasteiger partial charge in [-0.15, -0.1) is 0 Å². The Labute approximate surface area is 169 Å². The van der Waals surface area contributed by atoms with Crippen LogP contribution in [0.3, 0.4) is 0 Å². The van der Waals surface area contributed by atoms with Crippen LogP contribution in [0.15, 0.2) is 67.3 Å². The van der Waals surface area contributed by atoms with Crippen molar-refractivity contribution in [3.63, 3.8) is 0 Å². The molecule has 1 aromatic carbocycles. The number of hydrogen-bond acceptors (Lipinski definition) is 5. The standard InChI is InChI=1S/C21H12ClN7/c22-18-11-24-19-6-5-17(28-29(18)19)14-9-26-21-15(14)10-25-20(27-21)13-3-4-16-12(8-13)2-1-7-23-16/h1-11H,(H,25,26,27). The third kappa shape index (κ3) is 2.55. The van der Waals surface area contributed by atoms with Gasteiger partial charge >= 0.3 is 0 Å². The lowest BCUT2D eigenvalue weighted by Gasteiger charge is -2.03. The second-order valence-corrected chi connectivity index (χ2v) is 7.03. The molecule has 5 heterocycles. The summed E-state index contributed by atoms with van der Waals surface area (Å²) in [5, 5.41) is 6.99. The monoisotopic (exact) mass is 397 g/mol. The number of pyridine rings is 1. The molecule has 1 N–H and O–H groups in total. The van der Waals surface area contributed by atoms with Crippen molar-refractivity contribution in [1.29, 1.82) is 0 Å². The lowest BCUT2D eigenvalue weighted by atomic mass is 10.1. The first-order chi connectivity index (χ1) is 14.3. The molecule has 0 saturated heterocycles. The summed E-state index contributed by atoms with van der Waals surface area (Å²) in [5.74, 6) is 0.651. The van der Waals surface area contributed by atoms with Crippen molar-refractivity contribution < 1.29 is 0 Å². The molecule has 29 heavy (non-hydrogen) atoms. The first kappa shape index (κ1) is 16.1. The molecule has 0 bridgehead atoms. The van der Waals surface area contributed by atoms with Gasteiger partial charge < -0.3 is 4.98 Å². The maximum atomic E-state index is 6.16. The van der Waals surface area contributed by atoms with Gasteiger partial charge in [0.15, 0.2) is 16.6 Å². The number of nitrogens with one attached hydrogen (secondary N) is 1. The molecule has 0 saturated carbocycles. The fourth-order valence-electron chi connectivity index (χ4n) is 3.46. The number of aromatic nitrogens is 7. The predicted octanol–water partition coefficient (Wildman–Crippen LogP) is 4.54. The molecular weight excluding hydrogens is 386 g/mol. The molecule has 7 nitrogen and oxygen atoms in total. The Morgan fingerprint density at radius 2 is 1.93 bits per heavy atom. The van der Waals surface area contributed by atoms with E-state index in [9.17, 15) is 0 Å². The maximum absolute atomic E-state index is 6.16. The van der Waals surface area contributed by atoms with Crippen LogP contribution in [0.5, 0.6) is 0 Å². The van der Waals surface area contributed by atoms with Gasteiger partial charge in [-0.1, -0.05) is 17.7 Å². The Hall–Kier alpha value is -3.84. The first-order valence-electron chi connectivity index (χ1n) is 8.96. The predicted molar refractivity (Wildman–Crippen MR) is 112 cm³/mol. The van der Waals surface area contributed by atoms with Crippen LogP contribution in [-0.2, 0) is 0 Å². The van der Waals surface area contributed by atoms with Crippen molar-refractivity contribution in [3.05, 3.63) is 72.4 Å².